The van der Waals surface area contributed by atoms with Crippen LogP contribution in [0.25, 0.3) is 0 Å². The molecule has 0 radical (unpaired) electrons. The molecule has 0 aliphatic heterocycles. The van der Waals surface area contributed by atoms with E-state index >= 15 is 0 Å². The summed E-state index contributed by atoms with van der Waals surface area (Å²) in [6.45, 7) is 0. The third-order valence-electron chi connectivity index (χ3n) is 0.467. The summed E-state index contributed by atoms with van der Waals surface area (Å²) in [7, 11) is 0. The minimum absolute atomic E-state index is 0.278. The Labute approximate surface area is 47.1 Å². The molecule has 8 heavy (non-hydrogen) atoms. The van der Waals surface area contributed by atoms with Crippen LogP contribution in [-0.4, -0.2) is 12.0 Å². The van der Waals surface area contributed by atoms with Crippen LogP contribution in [0.3, 0.4) is 0 Å². The fraction of sp³-hybridized carbons (Fsp3) is 0.667. The molecule has 0 aromatic rings. The summed E-state index contributed by atoms with van der Waals surface area (Å²) in [6, 6.07) is 0. The smallest absolute Gasteiger partial charge is 0.209 e. The largest absolute Gasteiger partial charge is 0.303 e. The Morgan fingerprint density at radius 1 is 1.38 bits per heavy atom. The molecule has 0 N–H and O–H groups in total. The van der Waals surface area contributed by atoms with Crippen LogP contribution in [0.15, 0.2) is 0 Å². The molecule has 0 heterocycles. The van der Waals surface area contributed by atoms with Gasteiger partial charge < -0.3 is 4.79 Å². The molecule has 1 nitrogen and oxygen atoms in total. The number of aldehydes is 1. The van der Waals surface area contributed by atoms with E-state index in [1.807, 2.05) is 0 Å². The van der Waals surface area contributed by atoms with Crippen molar-refractivity contribution in [3.05, 3.63) is 0 Å². The zero-order valence-electron chi connectivity index (χ0n) is 3.94. The lowest BCUT2D eigenvalue weighted by Crippen LogP contribution is -1.86. The first-order valence-electron chi connectivity index (χ1n) is 1.90. The molecule has 50 valence electrons. The second kappa shape index (κ2) is 2.96. The summed E-state index contributed by atoms with van der Waals surface area (Å²) < 4.78 is 33.5. The summed E-state index contributed by atoms with van der Waals surface area (Å²) >= 11 is -4.92. The molecular formula is C3H5F3OS. The van der Waals surface area contributed by atoms with Gasteiger partial charge in [0.1, 0.15) is 6.29 Å². The normalized spacial score (nSPS) is 13.4. The predicted molar refractivity (Wildman–Crippen MR) is 26.5 cm³/mol. The highest BCUT2D eigenvalue weighted by Crippen LogP contribution is 2.53. The van der Waals surface area contributed by atoms with Crippen molar-refractivity contribution in [1.82, 2.24) is 0 Å². The molecule has 0 amide bonds. The van der Waals surface area contributed by atoms with E-state index < -0.39 is 23.4 Å². The monoisotopic (exact) mass is 146 g/mol. The Morgan fingerprint density at radius 3 is 2.00 bits per heavy atom. The molecule has 0 spiro atoms. The van der Waals surface area contributed by atoms with Crippen molar-refractivity contribution in [3.63, 3.8) is 0 Å². The molecule has 0 unspecified atom stereocenters. The van der Waals surface area contributed by atoms with E-state index in [-0.39, 0.29) is 6.29 Å². The number of hydrogen-bond acceptors (Lipinski definition) is 1. The van der Waals surface area contributed by atoms with Gasteiger partial charge in [0.05, 0.1) is 5.75 Å². The fourth-order valence-corrected chi connectivity index (χ4v) is 0.545. The van der Waals surface area contributed by atoms with Crippen LogP contribution in [0.5, 0.6) is 0 Å². The van der Waals surface area contributed by atoms with E-state index in [0.717, 1.165) is 0 Å². The highest BCUT2D eigenvalue weighted by Gasteiger charge is 2.18. The Balaban J connectivity index is 3.24. The summed E-state index contributed by atoms with van der Waals surface area (Å²) in [6.07, 6.45) is -0.112. The highest BCUT2D eigenvalue weighted by molar-refractivity contribution is 8.20. The molecule has 0 aromatic carbocycles. The van der Waals surface area contributed by atoms with Crippen LogP contribution in [0.1, 0.15) is 6.42 Å². The van der Waals surface area contributed by atoms with Crippen LogP contribution < -0.4 is 0 Å². The van der Waals surface area contributed by atoms with Crippen molar-refractivity contribution >= 4 is 17.5 Å². The number of carbonyl (C=O) groups is 1. The van der Waals surface area contributed by atoms with Gasteiger partial charge in [0, 0.05) is 6.42 Å². The number of rotatable bonds is 3. The Morgan fingerprint density at radius 2 is 1.88 bits per heavy atom. The first-order valence-corrected chi connectivity index (χ1v) is 3.40. The molecule has 0 rings (SSSR count). The lowest BCUT2D eigenvalue weighted by Gasteiger charge is -2.04. The molecule has 0 aromatic heterocycles. The van der Waals surface area contributed by atoms with Gasteiger partial charge in [-0.25, -0.2) is 0 Å². The number of carbonyl (C=O) groups excluding carboxylic acids is 1. The Hall–Kier alpha value is -0.190. The highest BCUT2D eigenvalue weighted by atomic mass is 32.3. The van der Waals surface area contributed by atoms with Gasteiger partial charge in [-0.05, 0) is 0 Å². The van der Waals surface area contributed by atoms with Gasteiger partial charge in [-0.1, -0.05) is 0 Å². The van der Waals surface area contributed by atoms with Crippen LogP contribution in [0.4, 0.5) is 11.7 Å². The average molecular weight is 146 g/mol. The SMILES string of the molecule is O=CCCS(F)(F)F. The zero-order chi connectivity index (χ0) is 6.62. The minimum atomic E-state index is -4.92. The summed E-state index contributed by atoms with van der Waals surface area (Å²) in [5.41, 5.74) is 0. The minimum Gasteiger partial charge on any atom is -0.303 e. The summed E-state index contributed by atoms with van der Waals surface area (Å²) in [4.78, 5) is 9.36. The first kappa shape index (κ1) is 7.81. The second-order valence-electron chi connectivity index (χ2n) is 1.16. The van der Waals surface area contributed by atoms with Crippen LogP contribution in [0, 0.1) is 0 Å². The fourth-order valence-electron chi connectivity index (χ4n) is 0.182. The molecule has 0 fully saturated rings. The standard InChI is InChI=1S/C3H5F3OS/c4-8(5,6)3-1-2-7/h2H,1,3H2. The van der Waals surface area contributed by atoms with Crippen molar-refractivity contribution in [2.45, 2.75) is 6.42 Å². The van der Waals surface area contributed by atoms with Gasteiger partial charge in [-0.2, -0.15) is 0 Å². The summed E-state index contributed by atoms with van der Waals surface area (Å²) in [5.74, 6) is -0.920. The second-order valence-corrected chi connectivity index (χ2v) is 2.57. The van der Waals surface area contributed by atoms with E-state index in [1.165, 1.54) is 0 Å². The average Bonchev–Trinajstić information content (AvgIpc) is 1.59. The van der Waals surface area contributed by atoms with E-state index in [9.17, 15) is 16.5 Å². The van der Waals surface area contributed by atoms with Crippen LogP contribution >= 0.6 is 11.2 Å². The Kier molecular flexibility index (Phi) is 2.89. The third kappa shape index (κ3) is 5.81. The van der Waals surface area contributed by atoms with Gasteiger partial charge in [0.15, 0.2) is 0 Å². The van der Waals surface area contributed by atoms with Crippen molar-refractivity contribution in [1.29, 1.82) is 0 Å². The molecule has 5 heteroatoms. The maximum absolute atomic E-state index is 11.2. The zero-order valence-corrected chi connectivity index (χ0v) is 4.76. The van der Waals surface area contributed by atoms with Crippen LogP contribution in [-0.2, 0) is 4.79 Å². The maximum atomic E-state index is 11.2. The van der Waals surface area contributed by atoms with E-state index in [1.54, 1.807) is 0 Å². The van der Waals surface area contributed by atoms with Gasteiger partial charge in [0.2, 0.25) is 11.2 Å². The molecular weight excluding hydrogens is 141 g/mol. The van der Waals surface area contributed by atoms with Crippen molar-refractivity contribution in [2.24, 2.45) is 0 Å². The first-order chi connectivity index (χ1) is 3.56. The van der Waals surface area contributed by atoms with Crippen molar-refractivity contribution in [2.75, 3.05) is 5.75 Å². The van der Waals surface area contributed by atoms with Crippen molar-refractivity contribution in [3.8, 4) is 0 Å². The topological polar surface area (TPSA) is 17.1 Å². The lowest BCUT2D eigenvalue weighted by molar-refractivity contribution is -0.107. The number of halogens is 3. The van der Waals surface area contributed by atoms with Gasteiger partial charge in [-0.15, -0.1) is 11.7 Å². The van der Waals surface area contributed by atoms with Gasteiger partial charge in [0.25, 0.3) is 0 Å². The molecule has 0 saturated heterocycles. The van der Waals surface area contributed by atoms with E-state index in [2.05, 4.69) is 0 Å². The van der Waals surface area contributed by atoms with Gasteiger partial charge in [-0.3, -0.25) is 0 Å². The molecule has 0 aliphatic rings. The molecule has 0 aliphatic carbocycles. The Bertz CT molecular complexity index is 79.1. The summed E-state index contributed by atoms with van der Waals surface area (Å²) in [5, 5.41) is 0. The van der Waals surface area contributed by atoms with Gasteiger partial charge >= 0.3 is 0 Å². The van der Waals surface area contributed by atoms with E-state index in [4.69, 9.17) is 0 Å². The molecule has 0 bridgehead atoms. The number of hydrogen-bond donors (Lipinski definition) is 0. The third-order valence-corrected chi connectivity index (χ3v) is 1.17. The lowest BCUT2D eigenvalue weighted by atomic mass is 10.6. The predicted octanol–water partition coefficient (Wildman–Crippen LogP) is 2.03. The molecule has 0 atom stereocenters. The van der Waals surface area contributed by atoms with Crippen LogP contribution in [0.2, 0.25) is 0 Å². The maximum Gasteiger partial charge on any atom is 0.209 e. The molecule has 0 saturated carbocycles. The van der Waals surface area contributed by atoms with E-state index in [0.29, 0.717) is 0 Å². The van der Waals surface area contributed by atoms with Crippen molar-refractivity contribution < 1.29 is 16.5 Å². The quantitative estimate of drug-likeness (QED) is 0.557.